The maximum Gasteiger partial charge on any atom is 0.158 e. The number of anilines is 2. The first-order valence-electron chi connectivity index (χ1n) is 10.8. The van der Waals surface area contributed by atoms with Crippen LogP contribution in [0.4, 0.5) is 11.4 Å². The van der Waals surface area contributed by atoms with E-state index in [1.54, 1.807) is 0 Å². The second kappa shape index (κ2) is 5.67. The molecule has 0 saturated heterocycles. The third kappa shape index (κ3) is 2.17. The van der Waals surface area contributed by atoms with Gasteiger partial charge in [0.2, 0.25) is 0 Å². The van der Waals surface area contributed by atoms with E-state index in [-0.39, 0.29) is 5.41 Å². The molecule has 31 heavy (non-hydrogen) atoms. The number of nitrogens with one attached hydrogen (secondary N) is 1. The van der Waals surface area contributed by atoms with Gasteiger partial charge in [0.05, 0.1) is 5.69 Å². The Balaban J connectivity index is 1.44. The number of furan rings is 1. The SMILES string of the molecule is CC1(C)c2cccc3ccc4cc(Nc5cccc6c5oc5ccccc56)cc1c4c23. The van der Waals surface area contributed by atoms with Crippen LogP contribution in [0.5, 0.6) is 0 Å². The van der Waals surface area contributed by atoms with Crippen molar-refractivity contribution < 1.29 is 4.42 Å². The van der Waals surface area contributed by atoms with E-state index in [1.165, 1.54) is 32.7 Å². The number of fused-ring (bicyclic) bond motifs is 3. The number of rotatable bonds is 2. The van der Waals surface area contributed by atoms with Gasteiger partial charge in [-0.3, -0.25) is 0 Å². The highest BCUT2D eigenvalue weighted by atomic mass is 16.3. The molecule has 1 aromatic heterocycles. The van der Waals surface area contributed by atoms with Crippen molar-refractivity contribution in [3.05, 3.63) is 96.1 Å². The van der Waals surface area contributed by atoms with Crippen LogP contribution >= 0.6 is 0 Å². The zero-order valence-corrected chi connectivity index (χ0v) is 17.5. The summed E-state index contributed by atoms with van der Waals surface area (Å²) in [5, 5.41) is 11.4. The van der Waals surface area contributed by atoms with E-state index < -0.39 is 0 Å². The van der Waals surface area contributed by atoms with E-state index in [1.807, 2.05) is 12.1 Å². The molecule has 1 N–H and O–H groups in total. The molecule has 5 aromatic carbocycles. The predicted molar refractivity (Wildman–Crippen MR) is 131 cm³/mol. The molecule has 6 aromatic rings. The molecule has 0 fully saturated rings. The topological polar surface area (TPSA) is 25.2 Å². The Morgan fingerprint density at radius 3 is 2.39 bits per heavy atom. The van der Waals surface area contributed by atoms with Crippen LogP contribution in [0.15, 0.2) is 89.3 Å². The zero-order chi connectivity index (χ0) is 20.7. The first kappa shape index (κ1) is 17.0. The number of hydrogen-bond acceptors (Lipinski definition) is 2. The Bertz CT molecular complexity index is 1690. The number of benzene rings is 5. The van der Waals surface area contributed by atoms with Crippen LogP contribution in [0.3, 0.4) is 0 Å². The molecule has 0 unspecified atom stereocenters. The lowest BCUT2D eigenvalue weighted by molar-refractivity contribution is 0.663. The van der Waals surface area contributed by atoms with E-state index in [4.69, 9.17) is 4.42 Å². The normalized spacial score (nSPS) is 14.4. The molecule has 1 aliphatic rings. The third-order valence-corrected chi connectivity index (χ3v) is 6.99. The Kier molecular flexibility index (Phi) is 3.10. The maximum atomic E-state index is 6.23. The van der Waals surface area contributed by atoms with Crippen molar-refractivity contribution in [2.24, 2.45) is 0 Å². The fourth-order valence-corrected chi connectivity index (χ4v) is 5.47. The van der Waals surface area contributed by atoms with Gasteiger partial charge in [-0.05, 0) is 56.9 Å². The van der Waals surface area contributed by atoms with E-state index in [2.05, 4.69) is 92.0 Å². The Labute approximate surface area is 180 Å². The van der Waals surface area contributed by atoms with Crippen LogP contribution in [0, 0.1) is 0 Å². The van der Waals surface area contributed by atoms with Crippen LogP contribution in [0.1, 0.15) is 25.0 Å². The maximum absolute atomic E-state index is 6.23. The summed E-state index contributed by atoms with van der Waals surface area (Å²) in [5.41, 5.74) is 6.69. The van der Waals surface area contributed by atoms with E-state index in [0.29, 0.717) is 0 Å². The van der Waals surface area contributed by atoms with Crippen LogP contribution in [-0.2, 0) is 5.41 Å². The van der Waals surface area contributed by atoms with Crippen molar-refractivity contribution in [2.45, 2.75) is 19.3 Å². The highest BCUT2D eigenvalue weighted by Gasteiger charge is 2.34. The molecular formula is C29H21NO. The standard InChI is InChI=1S/C29H21NO/c1-29(2)22-10-5-7-17-13-14-18-15-19(16-23(29)27(18)26(17)22)30-24-11-6-9-21-20-8-3-4-12-25(20)31-28(21)24/h3-16,30H,1-2H3. The summed E-state index contributed by atoms with van der Waals surface area (Å²) in [4.78, 5) is 0. The molecule has 0 saturated carbocycles. The van der Waals surface area contributed by atoms with Crippen LogP contribution in [-0.4, -0.2) is 0 Å². The summed E-state index contributed by atoms with van der Waals surface area (Å²) in [5.74, 6) is 0. The molecule has 0 amide bonds. The van der Waals surface area contributed by atoms with Gasteiger partial charge >= 0.3 is 0 Å². The predicted octanol–water partition coefficient (Wildman–Crippen LogP) is 8.28. The second-order valence-electron chi connectivity index (χ2n) is 9.12. The van der Waals surface area contributed by atoms with Gasteiger partial charge in [0.1, 0.15) is 5.58 Å². The van der Waals surface area contributed by atoms with Gasteiger partial charge in [-0.15, -0.1) is 0 Å². The molecule has 1 heterocycles. The smallest absolute Gasteiger partial charge is 0.158 e. The molecule has 0 bridgehead atoms. The molecule has 2 nitrogen and oxygen atoms in total. The zero-order valence-electron chi connectivity index (χ0n) is 17.5. The molecule has 2 heteroatoms. The molecule has 0 radical (unpaired) electrons. The van der Waals surface area contributed by atoms with Gasteiger partial charge in [-0.25, -0.2) is 0 Å². The summed E-state index contributed by atoms with van der Waals surface area (Å²) in [7, 11) is 0. The lowest BCUT2D eigenvalue weighted by Gasteiger charge is -2.22. The monoisotopic (exact) mass is 399 g/mol. The summed E-state index contributed by atoms with van der Waals surface area (Å²) < 4.78 is 6.23. The Morgan fingerprint density at radius 2 is 1.45 bits per heavy atom. The van der Waals surface area contributed by atoms with Crippen molar-refractivity contribution in [1.82, 2.24) is 0 Å². The quantitative estimate of drug-likeness (QED) is 0.296. The minimum Gasteiger partial charge on any atom is -0.454 e. The van der Waals surface area contributed by atoms with Crippen LogP contribution in [0.25, 0.3) is 43.5 Å². The Hall–Kier alpha value is -3.78. The molecule has 1 aliphatic carbocycles. The second-order valence-corrected chi connectivity index (χ2v) is 9.12. The fraction of sp³-hybridized carbons (Fsp3) is 0.103. The summed E-state index contributed by atoms with van der Waals surface area (Å²) in [6.45, 7) is 4.67. The summed E-state index contributed by atoms with van der Waals surface area (Å²) in [6, 6.07) is 30.3. The molecule has 0 spiro atoms. The largest absolute Gasteiger partial charge is 0.454 e. The first-order chi connectivity index (χ1) is 15.1. The average Bonchev–Trinajstić information content (AvgIpc) is 3.27. The Morgan fingerprint density at radius 1 is 0.677 bits per heavy atom. The van der Waals surface area contributed by atoms with Crippen LogP contribution < -0.4 is 5.32 Å². The van der Waals surface area contributed by atoms with E-state index >= 15 is 0 Å². The van der Waals surface area contributed by atoms with E-state index in [9.17, 15) is 0 Å². The van der Waals surface area contributed by atoms with Crippen molar-refractivity contribution in [1.29, 1.82) is 0 Å². The molecular weight excluding hydrogens is 378 g/mol. The minimum absolute atomic E-state index is 0.0233. The third-order valence-electron chi connectivity index (χ3n) is 6.99. The molecule has 0 atom stereocenters. The fourth-order valence-electron chi connectivity index (χ4n) is 5.47. The van der Waals surface area contributed by atoms with Gasteiger partial charge in [0, 0.05) is 21.9 Å². The molecule has 7 rings (SSSR count). The van der Waals surface area contributed by atoms with E-state index in [0.717, 1.165) is 33.3 Å². The van der Waals surface area contributed by atoms with Gasteiger partial charge in [-0.2, -0.15) is 0 Å². The number of para-hydroxylation sites is 2. The number of hydrogen-bond donors (Lipinski definition) is 1. The summed E-state index contributed by atoms with van der Waals surface area (Å²) >= 11 is 0. The van der Waals surface area contributed by atoms with Crippen molar-refractivity contribution >= 4 is 54.9 Å². The lowest BCUT2D eigenvalue weighted by Crippen LogP contribution is -2.15. The van der Waals surface area contributed by atoms with Gasteiger partial charge < -0.3 is 9.73 Å². The van der Waals surface area contributed by atoms with Crippen molar-refractivity contribution in [3.8, 4) is 0 Å². The highest BCUT2D eigenvalue weighted by Crippen LogP contribution is 2.49. The molecule has 148 valence electrons. The average molecular weight is 399 g/mol. The highest BCUT2D eigenvalue weighted by molar-refractivity contribution is 6.16. The van der Waals surface area contributed by atoms with Crippen molar-refractivity contribution in [3.63, 3.8) is 0 Å². The first-order valence-corrected chi connectivity index (χ1v) is 10.8. The van der Waals surface area contributed by atoms with Crippen LogP contribution in [0.2, 0.25) is 0 Å². The van der Waals surface area contributed by atoms with Crippen molar-refractivity contribution in [2.75, 3.05) is 5.32 Å². The minimum atomic E-state index is -0.0233. The lowest BCUT2D eigenvalue weighted by atomic mass is 9.81. The van der Waals surface area contributed by atoms with Gasteiger partial charge in [0.25, 0.3) is 0 Å². The van der Waals surface area contributed by atoms with Gasteiger partial charge in [0.15, 0.2) is 5.58 Å². The molecule has 0 aliphatic heterocycles. The van der Waals surface area contributed by atoms with Gasteiger partial charge in [-0.1, -0.05) is 74.5 Å². The summed E-state index contributed by atoms with van der Waals surface area (Å²) in [6.07, 6.45) is 0.